The van der Waals surface area contributed by atoms with E-state index in [-0.39, 0.29) is 17.8 Å². The summed E-state index contributed by atoms with van der Waals surface area (Å²) in [6.07, 6.45) is 5.10. The van der Waals surface area contributed by atoms with Gasteiger partial charge in [0, 0.05) is 24.5 Å². The molecule has 0 aromatic carbocycles. The Morgan fingerprint density at radius 3 is 2.96 bits per heavy atom. The Labute approximate surface area is 138 Å². The van der Waals surface area contributed by atoms with Crippen molar-refractivity contribution in [2.75, 3.05) is 13.1 Å². The second kappa shape index (κ2) is 5.66. The third kappa shape index (κ3) is 2.51. The molecule has 0 unspecified atom stereocenters. The molecule has 0 spiro atoms. The van der Waals surface area contributed by atoms with Gasteiger partial charge in [0.05, 0.1) is 6.04 Å². The number of fused-ring (bicyclic) bond motifs is 1. The zero-order valence-electron chi connectivity index (χ0n) is 13.6. The molecule has 1 aliphatic rings. The topological polar surface area (TPSA) is 94.1 Å². The molecule has 0 N–H and O–H groups in total. The quantitative estimate of drug-likeness (QED) is 0.692. The highest BCUT2D eigenvalue weighted by Gasteiger charge is 2.28. The van der Waals surface area contributed by atoms with Crippen LogP contribution in [-0.2, 0) is 0 Å². The number of piperidine rings is 1. The van der Waals surface area contributed by atoms with Crippen LogP contribution in [0.15, 0.2) is 18.7 Å². The Balaban J connectivity index is 1.60. The van der Waals surface area contributed by atoms with Gasteiger partial charge in [-0.25, -0.2) is 19.2 Å². The van der Waals surface area contributed by atoms with Gasteiger partial charge in [0.15, 0.2) is 0 Å². The maximum Gasteiger partial charge on any atom is 0.293 e. The summed E-state index contributed by atoms with van der Waals surface area (Å²) in [4.78, 5) is 27.2. The van der Waals surface area contributed by atoms with Gasteiger partial charge in [-0.2, -0.15) is 10.1 Å². The van der Waals surface area contributed by atoms with Crippen LogP contribution in [0.2, 0.25) is 0 Å². The Morgan fingerprint density at radius 2 is 2.17 bits per heavy atom. The highest BCUT2D eigenvalue weighted by Crippen LogP contribution is 2.21. The van der Waals surface area contributed by atoms with E-state index in [4.69, 9.17) is 0 Å². The lowest BCUT2D eigenvalue weighted by molar-refractivity contribution is 0.0660. The minimum absolute atomic E-state index is 0.143. The molecule has 1 saturated heterocycles. The van der Waals surface area contributed by atoms with E-state index in [1.807, 2.05) is 24.6 Å². The number of rotatable bonds is 2. The maximum atomic E-state index is 12.8. The van der Waals surface area contributed by atoms with Crippen LogP contribution >= 0.6 is 0 Å². The first-order chi connectivity index (χ1) is 11.6. The molecule has 0 bridgehead atoms. The van der Waals surface area contributed by atoms with Crippen LogP contribution in [0.3, 0.4) is 0 Å². The first kappa shape index (κ1) is 14.7. The van der Waals surface area contributed by atoms with E-state index in [9.17, 15) is 4.79 Å². The largest absolute Gasteiger partial charge is 0.334 e. The van der Waals surface area contributed by atoms with Crippen molar-refractivity contribution in [1.29, 1.82) is 0 Å². The van der Waals surface area contributed by atoms with Crippen LogP contribution in [0.4, 0.5) is 0 Å². The van der Waals surface area contributed by atoms with Gasteiger partial charge in [0.1, 0.15) is 12.7 Å². The van der Waals surface area contributed by atoms with E-state index in [1.165, 1.54) is 6.33 Å². The van der Waals surface area contributed by atoms with Crippen molar-refractivity contribution in [1.82, 2.24) is 39.2 Å². The minimum atomic E-state index is -0.164. The molecule has 0 aliphatic carbocycles. The summed E-state index contributed by atoms with van der Waals surface area (Å²) in [6, 6.07) is 2.06. The molecule has 0 saturated carbocycles. The summed E-state index contributed by atoms with van der Waals surface area (Å²) >= 11 is 0. The molecule has 124 valence electrons. The van der Waals surface area contributed by atoms with Crippen molar-refractivity contribution in [2.45, 2.75) is 32.7 Å². The van der Waals surface area contributed by atoms with E-state index in [0.29, 0.717) is 18.9 Å². The Hall–Kier alpha value is -2.84. The number of aromatic nitrogens is 7. The van der Waals surface area contributed by atoms with E-state index < -0.39 is 0 Å². The molecule has 1 amide bonds. The van der Waals surface area contributed by atoms with Crippen molar-refractivity contribution in [3.8, 4) is 0 Å². The minimum Gasteiger partial charge on any atom is -0.334 e. The number of hydrogen-bond acceptors (Lipinski definition) is 6. The molecule has 1 atom stereocenters. The number of hydrogen-bond donors (Lipinski definition) is 0. The maximum absolute atomic E-state index is 12.8. The van der Waals surface area contributed by atoms with Crippen LogP contribution in [0, 0.1) is 13.8 Å². The van der Waals surface area contributed by atoms with Crippen molar-refractivity contribution in [3.05, 3.63) is 35.9 Å². The lowest BCUT2D eigenvalue weighted by Gasteiger charge is -2.31. The Kier molecular flexibility index (Phi) is 3.47. The standard InChI is InChI=1S/C15H18N8O/c1-10-6-11(2)23-15(18-10)19-13(20-23)14(24)21-5-3-4-12(7-21)22-9-16-8-17-22/h6,8-9,12H,3-5,7H2,1-2H3/t12-/m1/s1. The monoisotopic (exact) mass is 326 g/mol. The highest BCUT2D eigenvalue weighted by atomic mass is 16.2. The number of carbonyl (C=O) groups excluding carboxylic acids is 1. The lowest BCUT2D eigenvalue weighted by Crippen LogP contribution is -2.41. The van der Waals surface area contributed by atoms with E-state index in [2.05, 4.69) is 25.1 Å². The highest BCUT2D eigenvalue weighted by molar-refractivity contribution is 5.91. The normalized spacial score (nSPS) is 18.2. The second-order valence-corrected chi connectivity index (χ2v) is 6.11. The van der Waals surface area contributed by atoms with Crippen LogP contribution < -0.4 is 0 Å². The molecule has 9 heteroatoms. The van der Waals surface area contributed by atoms with Crippen LogP contribution in [-0.4, -0.2) is 58.2 Å². The van der Waals surface area contributed by atoms with Crippen LogP contribution in [0.25, 0.3) is 5.78 Å². The van der Waals surface area contributed by atoms with E-state index in [0.717, 1.165) is 24.2 Å². The predicted molar refractivity (Wildman–Crippen MR) is 84.5 cm³/mol. The van der Waals surface area contributed by atoms with Crippen molar-refractivity contribution in [3.63, 3.8) is 0 Å². The molecule has 3 aromatic heterocycles. The average molecular weight is 326 g/mol. The predicted octanol–water partition coefficient (Wildman–Crippen LogP) is 0.810. The molecule has 1 fully saturated rings. The molecule has 0 radical (unpaired) electrons. The van der Waals surface area contributed by atoms with E-state index in [1.54, 1.807) is 15.7 Å². The first-order valence-corrected chi connectivity index (χ1v) is 7.96. The Morgan fingerprint density at radius 1 is 1.29 bits per heavy atom. The number of likely N-dealkylation sites (tertiary alicyclic amines) is 1. The van der Waals surface area contributed by atoms with Gasteiger partial charge in [-0.05, 0) is 32.8 Å². The van der Waals surface area contributed by atoms with Gasteiger partial charge < -0.3 is 4.90 Å². The molecule has 4 heterocycles. The lowest BCUT2D eigenvalue weighted by atomic mass is 10.1. The summed E-state index contributed by atoms with van der Waals surface area (Å²) in [5, 5.41) is 8.52. The fourth-order valence-electron chi connectivity index (χ4n) is 3.16. The number of nitrogens with zero attached hydrogens (tertiary/aromatic N) is 8. The fraction of sp³-hybridized carbons (Fsp3) is 0.467. The first-order valence-electron chi connectivity index (χ1n) is 7.96. The Bertz CT molecular complexity index is 884. The van der Waals surface area contributed by atoms with Crippen molar-refractivity contribution in [2.24, 2.45) is 0 Å². The zero-order chi connectivity index (χ0) is 16.7. The molecule has 4 rings (SSSR count). The summed E-state index contributed by atoms with van der Waals surface area (Å²) < 4.78 is 3.42. The molecular formula is C15H18N8O. The van der Waals surface area contributed by atoms with Gasteiger partial charge in [-0.1, -0.05) is 0 Å². The SMILES string of the molecule is Cc1cc(C)n2nc(C(=O)N3CCC[C@@H](n4cncn4)C3)nc2n1. The van der Waals surface area contributed by atoms with E-state index >= 15 is 0 Å². The van der Waals surface area contributed by atoms with Gasteiger partial charge >= 0.3 is 0 Å². The number of carbonyl (C=O) groups is 1. The third-order valence-corrected chi connectivity index (χ3v) is 4.30. The summed E-state index contributed by atoms with van der Waals surface area (Å²) in [7, 11) is 0. The molecule has 24 heavy (non-hydrogen) atoms. The van der Waals surface area contributed by atoms with Crippen molar-refractivity contribution < 1.29 is 4.79 Å². The zero-order valence-corrected chi connectivity index (χ0v) is 13.6. The summed E-state index contributed by atoms with van der Waals surface area (Å²) in [5.41, 5.74) is 1.76. The summed E-state index contributed by atoms with van der Waals surface area (Å²) in [5.74, 6) is 0.485. The molecule has 1 aliphatic heterocycles. The molecule has 3 aromatic rings. The molecular weight excluding hydrogens is 308 g/mol. The smallest absolute Gasteiger partial charge is 0.293 e. The van der Waals surface area contributed by atoms with Gasteiger partial charge in [-0.3, -0.25) is 4.79 Å². The average Bonchev–Trinajstić information content (AvgIpc) is 3.24. The third-order valence-electron chi connectivity index (χ3n) is 4.30. The van der Waals surface area contributed by atoms with Crippen LogP contribution in [0.1, 0.15) is 40.9 Å². The van der Waals surface area contributed by atoms with Gasteiger partial charge in [0.2, 0.25) is 5.82 Å². The summed E-state index contributed by atoms with van der Waals surface area (Å²) in [6.45, 7) is 5.11. The second-order valence-electron chi connectivity index (χ2n) is 6.11. The van der Waals surface area contributed by atoms with Gasteiger partial charge in [0.25, 0.3) is 11.7 Å². The van der Waals surface area contributed by atoms with Crippen molar-refractivity contribution >= 4 is 11.7 Å². The fourth-order valence-corrected chi connectivity index (χ4v) is 3.16. The molecule has 9 nitrogen and oxygen atoms in total. The number of amides is 1. The van der Waals surface area contributed by atoms with Crippen LogP contribution in [0.5, 0.6) is 0 Å². The van der Waals surface area contributed by atoms with Gasteiger partial charge in [-0.15, -0.1) is 5.10 Å². The number of aryl methyl sites for hydroxylation is 2.